The van der Waals surface area contributed by atoms with Crippen LogP contribution in [0.3, 0.4) is 0 Å². The topological polar surface area (TPSA) is 112 Å². The highest BCUT2D eigenvalue weighted by Crippen LogP contribution is 2.30. The van der Waals surface area contributed by atoms with E-state index in [0.717, 1.165) is 0 Å². The third-order valence-electron chi connectivity index (χ3n) is 4.49. The molecule has 3 heterocycles. The van der Waals surface area contributed by atoms with Crippen LogP contribution in [-0.4, -0.2) is 40.0 Å². The van der Waals surface area contributed by atoms with Gasteiger partial charge in [-0.1, -0.05) is 12.1 Å². The Labute approximate surface area is 179 Å². The van der Waals surface area contributed by atoms with Crippen molar-refractivity contribution < 1.29 is 22.8 Å². The van der Waals surface area contributed by atoms with Crippen molar-refractivity contribution in [3.05, 3.63) is 66.0 Å². The third-order valence-corrected chi connectivity index (χ3v) is 4.49. The normalized spacial score (nSPS) is 13.6. The van der Waals surface area contributed by atoms with Crippen molar-refractivity contribution in [3.63, 3.8) is 0 Å². The fourth-order valence-electron chi connectivity index (χ4n) is 2.99. The zero-order chi connectivity index (χ0) is 22.7. The quantitative estimate of drug-likeness (QED) is 0.523. The lowest BCUT2D eigenvalue weighted by Crippen LogP contribution is -2.31. The molecule has 1 aliphatic rings. The monoisotopic (exact) mass is 443 g/mol. The second-order valence-corrected chi connectivity index (χ2v) is 6.69. The number of hydrogen-bond donors (Lipinski definition) is 3. The van der Waals surface area contributed by atoms with Gasteiger partial charge in [0.05, 0.1) is 0 Å². The molecule has 0 atom stereocenters. The van der Waals surface area contributed by atoms with Gasteiger partial charge in [0.2, 0.25) is 0 Å². The fraction of sp³-hybridized carbons (Fsp3) is 0.150. The Morgan fingerprint density at radius 3 is 2.62 bits per heavy atom. The van der Waals surface area contributed by atoms with Gasteiger partial charge in [0.1, 0.15) is 11.5 Å². The molecule has 2 aromatic heterocycles. The van der Waals surface area contributed by atoms with Crippen molar-refractivity contribution in [3.8, 4) is 11.5 Å². The first-order valence-electron chi connectivity index (χ1n) is 9.41. The molecule has 3 aromatic rings. The molecule has 3 amide bonds. The number of urea groups is 1. The summed E-state index contributed by atoms with van der Waals surface area (Å²) >= 11 is 0. The molecule has 32 heavy (non-hydrogen) atoms. The van der Waals surface area contributed by atoms with Crippen molar-refractivity contribution in [2.45, 2.75) is 6.18 Å². The molecule has 0 saturated carbocycles. The number of carbonyl (C=O) groups is 2. The Hall–Kier alpha value is -4.22. The molecule has 0 unspecified atom stereocenters. The predicted octanol–water partition coefficient (Wildman–Crippen LogP) is 2.84. The summed E-state index contributed by atoms with van der Waals surface area (Å²) in [6, 6.07) is 11.4. The zero-order valence-electron chi connectivity index (χ0n) is 16.3. The van der Waals surface area contributed by atoms with Crippen molar-refractivity contribution in [1.82, 2.24) is 25.7 Å². The van der Waals surface area contributed by atoms with Crippen molar-refractivity contribution in [2.75, 3.05) is 23.4 Å². The van der Waals surface area contributed by atoms with E-state index in [1.54, 1.807) is 24.3 Å². The molecule has 0 bridgehead atoms. The van der Waals surface area contributed by atoms with Gasteiger partial charge < -0.3 is 5.32 Å². The molecular formula is C20H16F3N7O2. The van der Waals surface area contributed by atoms with E-state index in [1.165, 1.54) is 29.3 Å². The summed E-state index contributed by atoms with van der Waals surface area (Å²) in [6.07, 6.45) is -3.32. The van der Waals surface area contributed by atoms with Crippen LogP contribution in [0.5, 0.6) is 0 Å². The third kappa shape index (κ3) is 4.58. The smallest absolute Gasteiger partial charge is 0.336 e. The number of amides is 3. The molecule has 12 heteroatoms. The van der Waals surface area contributed by atoms with Crippen molar-refractivity contribution in [1.29, 1.82) is 0 Å². The highest BCUT2D eigenvalue weighted by molar-refractivity contribution is 5.98. The van der Waals surface area contributed by atoms with Crippen LogP contribution in [0.25, 0.3) is 11.5 Å². The van der Waals surface area contributed by atoms with Crippen LogP contribution in [0.15, 0.2) is 54.7 Å². The van der Waals surface area contributed by atoms with E-state index in [9.17, 15) is 22.8 Å². The molecule has 1 saturated heterocycles. The van der Waals surface area contributed by atoms with E-state index in [0.29, 0.717) is 24.8 Å². The molecule has 1 aliphatic heterocycles. The molecule has 9 nitrogen and oxygen atoms in total. The van der Waals surface area contributed by atoms with Gasteiger partial charge in [0.25, 0.3) is 5.91 Å². The standard InChI is InChI=1S/C20H16F3N7O2/c21-20(22,23)15-11-16(27-17(26-15)14-6-1-2-7-24-14)28-29-18(31)12-4-3-5-13(10-12)30-9-8-25-19(30)32/h1-7,10-11H,8-9H2,(H,25,32)(H,29,31)(H,26,27,28). The Balaban J connectivity index is 1.54. The van der Waals surface area contributed by atoms with E-state index < -0.39 is 17.8 Å². The molecule has 0 spiro atoms. The predicted molar refractivity (Wildman–Crippen MR) is 109 cm³/mol. The van der Waals surface area contributed by atoms with Gasteiger partial charge in [-0.2, -0.15) is 13.2 Å². The minimum Gasteiger partial charge on any atom is -0.336 e. The van der Waals surface area contributed by atoms with Gasteiger partial charge in [-0.3, -0.25) is 25.5 Å². The number of nitrogens with one attached hydrogen (secondary N) is 3. The Morgan fingerprint density at radius 2 is 1.94 bits per heavy atom. The van der Waals surface area contributed by atoms with Gasteiger partial charge >= 0.3 is 12.2 Å². The summed E-state index contributed by atoms with van der Waals surface area (Å²) in [5, 5.41) is 2.66. The molecule has 1 fully saturated rings. The van der Waals surface area contributed by atoms with Gasteiger partial charge in [-0.25, -0.2) is 14.8 Å². The number of pyridine rings is 1. The van der Waals surface area contributed by atoms with Crippen LogP contribution in [0.1, 0.15) is 16.1 Å². The molecular weight excluding hydrogens is 427 g/mol. The maximum Gasteiger partial charge on any atom is 0.433 e. The van der Waals surface area contributed by atoms with Gasteiger partial charge in [-0.05, 0) is 30.3 Å². The first kappa shape index (κ1) is 21.0. The van der Waals surface area contributed by atoms with E-state index in [1.807, 2.05) is 0 Å². The lowest BCUT2D eigenvalue weighted by Gasteiger charge is -2.15. The summed E-state index contributed by atoms with van der Waals surface area (Å²) in [5.74, 6) is -1.14. The fourth-order valence-corrected chi connectivity index (χ4v) is 2.99. The first-order valence-corrected chi connectivity index (χ1v) is 9.41. The van der Waals surface area contributed by atoms with Gasteiger partial charge in [0, 0.05) is 36.6 Å². The highest BCUT2D eigenvalue weighted by Gasteiger charge is 2.34. The minimum absolute atomic E-state index is 0.143. The van der Waals surface area contributed by atoms with Gasteiger partial charge in [-0.15, -0.1) is 0 Å². The van der Waals surface area contributed by atoms with E-state index >= 15 is 0 Å². The van der Waals surface area contributed by atoms with Crippen LogP contribution in [0.4, 0.5) is 29.5 Å². The highest BCUT2D eigenvalue weighted by atomic mass is 19.4. The summed E-state index contributed by atoms with van der Waals surface area (Å²) in [5.41, 5.74) is 4.38. The number of benzene rings is 1. The van der Waals surface area contributed by atoms with Gasteiger partial charge in [0.15, 0.2) is 11.5 Å². The number of aromatic nitrogens is 3. The van der Waals surface area contributed by atoms with Crippen LogP contribution in [0, 0.1) is 0 Å². The van der Waals surface area contributed by atoms with Crippen LogP contribution >= 0.6 is 0 Å². The summed E-state index contributed by atoms with van der Waals surface area (Å²) in [6.45, 7) is 0.949. The number of anilines is 2. The largest absolute Gasteiger partial charge is 0.433 e. The number of carbonyl (C=O) groups excluding carboxylic acids is 2. The maximum absolute atomic E-state index is 13.3. The molecule has 0 aliphatic carbocycles. The Bertz CT molecular complexity index is 1160. The number of rotatable bonds is 5. The van der Waals surface area contributed by atoms with E-state index in [-0.39, 0.29) is 28.9 Å². The number of nitrogens with zero attached hydrogens (tertiary/aromatic N) is 4. The van der Waals surface area contributed by atoms with E-state index in [4.69, 9.17) is 0 Å². The molecule has 3 N–H and O–H groups in total. The van der Waals surface area contributed by atoms with Crippen LogP contribution in [-0.2, 0) is 6.18 Å². The molecule has 164 valence electrons. The second-order valence-electron chi connectivity index (χ2n) is 6.69. The average Bonchev–Trinajstić information content (AvgIpc) is 3.23. The maximum atomic E-state index is 13.3. The summed E-state index contributed by atoms with van der Waals surface area (Å²) < 4.78 is 39.9. The molecule has 1 aromatic carbocycles. The lowest BCUT2D eigenvalue weighted by atomic mass is 10.2. The molecule has 0 radical (unpaired) electrons. The zero-order valence-corrected chi connectivity index (χ0v) is 16.3. The summed E-state index contributed by atoms with van der Waals surface area (Å²) in [4.78, 5) is 37.3. The van der Waals surface area contributed by atoms with Crippen LogP contribution in [0.2, 0.25) is 0 Å². The first-order chi connectivity index (χ1) is 15.3. The lowest BCUT2D eigenvalue weighted by molar-refractivity contribution is -0.141. The van der Waals surface area contributed by atoms with E-state index in [2.05, 4.69) is 31.1 Å². The van der Waals surface area contributed by atoms with Crippen LogP contribution < -0.4 is 21.1 Å². The minimum atomic E-state index is -4.72. The second kappa shape index (κ2) is 8.49. The number of halogens is 3. The average molecular weight is 443 g/mol. The number of hydrazine groups is 1. The Morgan fingerprint density at radius 1 is 1.09 bits per heavy atom. The molecule has 4 rings (SSSR count). The Kier molecular flexibility index (Phi) is 5.58. The van der Waals surface area contributed by atoms with Crippen molar-refractivity contribution in [2.24, 2.45) is 0 Å². The number of alkyl halides is 3. The summed E-state index contributed by atoms with van der Waals surface area (Å²) in [7, 11) is 0. The number of hydrogen-bond acceptors (Lipinski definition) is 6. The van der Waals surface area contributed by atoms with Crippen molar-refractivity contribution >= 4 is 23.4 Å². The SMILES string of the molecule is O=C(NNc1cc(C(F)(F)F)nc(-c2ccccn2)n1)c1cccc(N2CCNC2=O)c1.